The summed E-state index contributed by atoms with van der Waals surface area (Å²) in [7, 11) is 0. The van der Waals surface area contributed by atoms with Gasteiger partial charge in [-0.3, -0.25) is 15.1 Å². The number of aromatic nitrogens is 1. The quantitative estimate of drug-likeness (QED) is 0.671. The number of nitro groups is 1. The van der Waals surface area contributed by atoms with Crippen molar-refractivity contribution < 1.29 is 4.92 Å². The minimum Gasteiger partial charge on any atom is -0.302 e. The summed E-state index contributed by atoms with van der Waals surface area (Å²) in [6, 6.07) is 11.2. The van der Waals surface area contributed by atoms with Gasteiger partial charge in [-0.15, -0.1) is 0 Å². The third kappa shape index (κ3) is 3.64. The van der Waals surface area contributed by atoms with Crippen LogP contribution in [-0.4, -0.2) is 9.91 Å². The second kappa shape index (κ2) is 6.45. The fraction of sp³-hybridized carbons (Fsp3) is 0.312. The summed E-state index contributed by atoms with van der Waals surface area (Å²) in [4.78, 5) is 15.0. The molecule has 0 amide bonds. The van der Waals surface area contributed by atoms with Gasteiger partial charge in [-0.25, -0.2) is 0 Å². The first-order valence-electron chi connectivity index (χ1n) is 6.91. The van der Waals surface area contributed by atoms with E-state index in [4.69, 9.17) is 0 Å². The Bertz CT molecular complexity index is 629. The molecule has 5 heteroatoms. The molecule has 1 heterocycles. The molecule has 5 nitrogen and oxygen atoms in total. The highest BCUT2D eigenvalue weighted by molar-refractivity contribution is 5.43. The standard InChI is InChI=1S/C16H19N3O2/c1-11-7-8-14(10-16(11)19(20)21)12(2)18-13(3)15-6-4-5-9-17-15/h4-10,12-13,18H,1-3H3. The topological polar surface area (TPSA) is 68.1 Å². The van der Waals surface area contributed by atoms with Gasteiger partial charge in [0, 0.05) is 29.9 Å². The zero-order valence-electron chi connectivity index (χ0n) is 12.4. The average molecular weight is 285 g/mol. The van der Waals surface area contributed by atoms with E-state index in [0.29, 0.717) is 5.56 Å². The fourth-order valence-electron chi connectivity index (χ4n) is 2.28. The maximum atomic E-state index is 11.0. The lowest BCUT2D eigenvalue weighted by molar-refractivity contribution is -0.385. The summed E-state index contributed by atoms with van der Waals surface area (Å²) in [6.07, 6.45) is 1.76. The average Bonchev–Trinajstić information content (AvgIpc) is 2.48. The minimum absolute atomic E-state index is 0.00121. The van der Waals surface area contributed by atoms with Gasteiger partial charge >= 0.3 is 0 Å². The fourth-order valence-corrected chi connectivity index (χ4v) is 2.28. The lowest BCUT2D eigenvalue weighted by Gasteiger charge is -2.20. The van der Waals surface area contributed by atoms with Crippen LogP contribution in [0, 0.1) is 17.0 Å². The molecular weight excluding hydrogens is 266 g/mol. The molecule has 21 heavy (non-hydrogen) atoms. The molecule has 2 unspecified atom stereocenters. The van der Waals surface area contributed by atoms with Crippen molar-refractivity contribution in [2.24, 2.45) is 0 Å². The summed E-state index contributed by atoms with van der Waals surface area (Å²) in [6.45, 7) is 5.77. The second-order valence-corrected chi connectivity index (χ2v) is 5.17. The monoisotopic (exact) mass is 285 g/mol. The molecule has 0 aliphatic rings. The number of benzene rings is 1. The molecule has 1 aromatic carbocycles. The summed E-state index contributed by atoms with van der Waals surface area (Å²) >= 11 is 0. The number of hydrogen-bond donors (Lipinski definition) is 1. The summed E-state index contributed by atoms with van der Waals surface area (Å²) < 4.78 is 0. The van der Waals surface area contributed by atoms with Crippen molar-refractivity contribution in [3.8, 4) is 0 Å². The Morgan fingerprint density at radius 2 is 1.95 bits per heavy atom. The number of rotatable bonds is 5. The predicted octanol–water partition coefficient (Wildman–Crippen LogP) is 3.71. The molecule has 2 aromatic rings. The van der Waals surface area contributed by atoms with Crippen molar-refractivity contribution in [1.82, 2.24) is 10.3 Å². The van der Waals surface area contributed by atoms with E-state index in [1.807, 2.05) is 38.1 Å². The molecule has 0 aliphatic heterocycles. The van der Waals surface area contributed by atoms with Gasteiger partial charge in [-0.2, -0.15) is 0 Å². The SMILES string of the molecule is Cc1ccc(C(C)NC(C)c2ccccn2)cc1[N+](=O)[O-]. The van der Waals surface area contributed by atoms with E-state index in [9.17, 15) is 10.1 Å². The predicted molar refractivity (Wildman–Crippen MR) is 82.0 cm³/mol. The number of nitrogens with zero attached hydrogens (tertiary/aromatic N) is 2. The first-order chi connectivity index (χ1) is 9.99. The van der Waals surface area contributed by atoms with E-state index < -0.39 is 0 Å². The van der Waals surface area contributed by atoms with Gasteiger partial charge < -0.3 is 5.32 Å². The summed E-state index contributed by atoms with van der Waals surface area (Å²) in [5, 5.41) is 14.4. The van der Waals surface area contributed by atoms with Gasteiger partial charge in [0.15, 0.2) is 0 Å². The number of aryl methyl sites for hydroxylation is 1. The summed E-state index contributed by atoms with van der Waals surface area (Å²) in [5.41, 5.74) is 2.68. The number of nitro benzene ring substituents is 1. The lowest BCUT2D eigenvalue weighted by atomic mass is 10.0. The molecule has 0 aliphatic carbocycles. The Hall–Kier alpha value is -2.27. The highest BCUT2D eigenvalue weighted by Crippen LogP contribution is 2.24. The molecule has 0 fully saturated rings. The molecule has 0 bridgehead atoms. The van der Waals surface area contributed by atoms with Crippen LogP contribution in [0.3, 0.4) is 0 Å². The molecule has 0 saturated carbocycles. The van der Waals surface area contributed by atoms with E-state index in [1.54, 1.807) is 25.3 Å². The first kappa shape index (κ1) is 15.1. The smallest absolute Gasteiger partial charge is 0.272 e. The van der Waals surface area contributed by atoms with E-state index >= 15 is 0 Å². The number of pyridine rings is 1. The van der Waals surface area contributed by atoms with Gasteiger partial charge in [0.1, 0.15) is 0 Å². The third-order valence-electron chi connectivity index (χ3n) is 3.56. The zero-order chi connectivity index (χ0) is 15.4. The van der Waals surface area contributed by atoms with Gasteiger partial charge in [-0.05, 0) is 38.5 Å². The van der Waals surface area contributed by atoms with Crippen LogP contribution in [0.25, 0.3) is 0 Å². The Balaban J connectivity index is 2.15. The molecule has 0 saturated heterocycles. The van der Waals surface area contributed by atoms with E-state index in [0.717, 1.165) is 11.3 Å². The lowest BCUT2D eigenvalue weighted by Crippen LogP contribution is -2.23. The van der Waals surface area contributed by atoms with Crippen LogP contribution in [-0.2, 0) is 0 Å². The first-order valence-corrected chi connectivity index (χ1v) is 6.91. The van der Waals surface area contributed by atoms with Gasteiger partial charge in [-0.1, -0.05) is 18.2 Å². The normalized spacial score (nSPS) is 13.7. The van der Waals surface area contributed by atoms with Crippen LogP contribution in [0.4, 0.5) is 5.69 Å². The molecule has 1 aromatic heterocycles. The van der Waals surface area contributed by atoms with Crippen LogP contribution in [0.15, 0.2) is 42.6 Å². The molecular formula is C16H19N3O2. The Morgan fingerprint density at radius 1 is 1.19 bits per heavy atom. The summed E-state index contributed by atoms with van der Waals surface area (Å²) in [5.74, 6) is 0. The van der Waals surface area contributed by atoms with Crippen LogP contribution in [0.2, 0.25) is 0 Å². The van der Waals surface area contributed by atoms with Gasteiger partial charge in [0.25, 0.3) is 5.69 Å². The maximum Gasteiger partial charge on any atom is 0.272 e. The highest BCUT2D eigenvalue weighted by atomic mass is 16.6. The van der Waals surface area contributed by atoms with Crippen molar-refractivity contribution in [1.29, 1.82) is 0 Å². The van der Waals surface area contributed by atoms with Crippen LogP contribution in [0.5, 0.6) is 0 Å². The Morgan fingerprint density at radius 3 is 2.57 bits per heavy atom. The molecule has 0 radical (unpaired) electrons. The van der Waals surface area contributed by atoms with E-state index in [-0.39, 0.29) is 22.7 Å². The van der Waals surface area contributed by atoms with Crippen LogP contribution < -0.4 is 5.32 Å². The Kier molecular flexibility index (Phi) is 4.65. The molecule has 2 atom stereocenters. The largest absolute Gasteiger partial charge is 0.302 e. The van der Waals surface area contributed by atoms with E-state index in [2.05, 4.69) is 10.3 Å². The van der Waals surface area contributed by atoms with Crippen molar-refractivity contribution in [2.75, 3.05) is 0 Å². The van der Waals surface area contributed by atoms with Crippen molar-refractivity contribution in [2.45, 2.75) is 32.9 Å². The number of hydrogen-bond acceptors (Lipinski definition) is 4. The van der Waals surface area contributed by atoms with Crippen molar-refractivity contribution >= 4 is 5.69 Å². The maximum absolute atomic E-state index is 11.0. The van der Waals surface area contributed by atoms with E-state index in [1.165, 1.54) is 0 Å². The minimum atomic E-state index is -0.340. The molecule has 2 rings (SSSR count). The molecule has 0 spiro atoms. The second-order valence-electron chi connectivity index (χ2n) is 5.17. The van der Waals surface area contributed by atoms with Crippen LogP contribution in [0.1, 0.15) is 42.8 Å². The van der Waals surface area contributed by atoms with Crippen molar-refractivity contribution in [3.05, 3.63) is 69.5 Å². The molecule has 1 N–H and O–H groups in total. The van der Waals surface area contributed by atoms with Gasteiger partial charge in [0.2, 0.25) is 0 Å². The van der Waals surface area contributed by atoms with Crippen molar-refractivity contribution in [3.63, 3.8) is 0 Å². The van der Waals surface area contributed by atoms with Gasteiger partial charge in [0.05, 0.1) is 10.6 Å². The number of nitrogens with one attached hydrogen (secondary N) is 1. The van der Waals surface area contributed by atoms with Crippen LogP contribution >= 0.6 is 0 Å². The third-order valence-corrected chi connectivity index (χ3v) is 3.56. The highest BCUT2D eigenvalue weighted by Gasteiger charge is 2.16. The molecule has 110 valence electrons. The zero-order valence-corrected chi connectivity index (χ0v) is 12.4. The Labute approximate surface area is 124 Å².